The van der Waals surface area contributed by atoms with Crippen LogP contribution < -0.4 is 16.4 Å². The molecule has 0 unspecified atom stereocenters. The number of ether oxygens (including phenoxy) is 1. The number of hydrogen-bond acceptors (Lipinski definition) is 6. The third kappa shape index (κ3) is 5.55. The van der Waals surface area contributed by atoms with Gasteiger partial charge in [-0.2, -0.15) is 0 Å². The number of amides is 1. The third-order valence-corrected chi connectivity index (χ3v) is 2.62. The first-order valence-corrected chi connectivity index (χ1v) is 6.32. The Bertz CT molecular complexity index is 477. The molecule has 0 radical (unpaired) electrons. The molecule has 1 heterocycles. The highest BCUT2D eigenvalue weighted by atomic mass is 16.5. The van der Waals surface area contributed by atoms with E-state index in [0.29, 0.717) is 18.8 Å². The molecule has 110 valence electrons. The van der Waals surface area contributed by atoms with Crippen LogP contribution in [0.2, 0.25) is 0 Å². The minimum atomic E-state index is -0.389. The molecule has 0 spiro atoms. The van der Waals surface area contributed by atoms with Gasteiger partial charge >= 0.3 is 5.97 Å². The zero-order valence-corrected chi connectivity index (χ0v) is 11.7. The van der Waals surface area contributed by atoms with Crippen molar-refractivity contribution in [2.75, 3.05) is 31.2 Å². The number of nitrogens with zero attached hydrogens (tertiary/aromatic N) is 1. The maximum Gasteiger partial charge on any atom is 0.306 e. The second-order valence-electron chi connectivity index (χ2n) is 4.29. The monoisotopic (exact) mass is 280 g/mol. The lowest BCUT2D eigenvalue weighted by Crippen LogP contribution is -2.29. The largest absolute Gasteiger partial charge is 0.469 e. The standard InChI is InChI=1S/C13H20N4O3/c1-9-7-10(14)8-17-13(9)16-6-5-15-11(18)3-4-12(19)20-2/h7-8H,3-6,14H2,1-2H3,(H,15,18)(H,16,17). The van der Waals surface area contributed by atoms with Crippen LogP contribution in [0.4, 0.5) is 11.5 Å². The van der Waals surface area contributed by atoms with Gasteiger partial charge in [-0.05, 0) is 18.6 Å². The molecule has 1 rings (SSSR count). The molecule has 0 bridgehead atoms. The van der Waals surface area contributed by atoms with E-state index in [1.165, 1.54) is 7.11 Å². The molecule has 7 heteroatoms. The van der Waals surface area contributed by atoms with Crippen molar-refractivity contribution in [2.45, 2.75) is 19.8 Å². The minimum Gasteiger partial charge on any atom is -0.469 e. The van der Waals surface area contributed by atoms with Gasteiger partial charge in [0.25, 0.3) is 0 Å². The predicted molar refractivity (Wildman–Crippen MR) is 76.1 cm³/mol. The van der Waals surface area contributed by atoms with Crippen molar-refractivity contribution in [2.24, 2.45) is 0 Å². The summed E-state index contributed by atoms with van der Waals surface area (Å²) in [7, 11) is 1.30. The average Bonchev–Trinajstić information content (AvgIpc) is 2.42. The first-order chi connectivity index (χ1) is 9.52. The van der Waals surface area contributed by atoms with Crippen molar-refractivity contribution in [1.82, 2.24) is 10.3 Å². The number of aromatic nitrogens is 1. The highest BCUT2D eigenvalue weighted by molar-refractivity contribution is 5.81. The van der Waals surface area contributed by atoms with Gasteiger partial charge in [-0.25, -0.2) is 4.98 Å². The summed E-state index contributed by atoms with van der Waals surface area (Å²) < 4.78 is 4.46. The molecule has 1 aromatic rings. The molecule has 0 saturated heterocycles. The van der Waals surface area contributed by atoms with Gasteiger partial charge in [0.05, 0.1) is 25.4 Å². The highest BCUT2D eigenvalue weighted by Gasteiger charge is 2.06. The number of rotatable bonds is 7. The number of pyridine rings is 1. The van der Waals surface area contributed by atoms with Crippen molar-refractivity contribution in [1.29, 1.82) is 0 Å². The van der Waals surface area contributed by atoms with Crippen molar-refractivity contribution in [3.63, 3.8) is 0 Å². The summed E-state index contributed by atoms with van der Waals surface area (Å²) in [6, 6.07) is 1.82. The predicted octanol–water partition coefficient (Wildman–Crippen LogP) is 0.454. The second-order valence-corrected chi connectivity index (χ2v) is 4.29. The van der Waals surface area contributed by atoms with Crippen LogP contribution in [0.15, 0.2) is 12.3 Å². The van der Waals surface area contributed by atoms with E-state index in [4.69, 9.17) is 5.73 Å². The van der Waals surface area contributed by atoms with Crippen LogP contribution in [0.5, 0.6) is 0 Å². The molecule has 0 aliphatic rings. The van der Waals surface area contributed by atoms with Gasteiger partial charge < -0.3 is 21.1 Å². The molecule has 1 aromatic heterocycles. The molecule has 0 fully saturated rings. The first-order valence-electron chi connectivity index (χ1n) is 6.32. The Morgan fingerprint density at radius 2 is 2.10 bits per heavy atom. The van der Waals surface area contributed by atoms with Crippen molar-refractivity contribution in [3.05, 3.63) is 17.8 Å². The summed E-state index contributed by atoms with van der Waals surface area (Å²) in [6.07, 6.45) is 1.80. The molecule has 20 heavy (non-hydrogen) atoms. The van der Waals surface area contributed by atoms with Gasteiger partial charge in [-0.1, -0.05) is 0 Å². The SMILES string of the molecule is COC(=O)CCC(=O)NCCNc1ncc(N)cc1C. The Morgan fingerprint density at radius 3 is 2.75 bits per heavy atom. The molecule has 7 nitrogen and oxygen atoms in total. The van der Waals surface area contributed by atoms with E-state index in [1.807, 2.05) is 13.0 Å². The Balaban J connectivity index is 2.21. The number of aryl methyl sites for hydroxylation is 1. The van der Waals surface area contributed by atoms with Crippen LogP contribution in [-0.4, -0.2) is 37.1 Å². The number of methoxy groups -OCH3 is 1. The molecule has 0 atom stereocenters. The summed E-state index contributed by atoms with van der Waals surface area (Å²) in [5, 5.41) is 5.80. The minimum absolute atomic E-state index is 0.0917. The lowest BCUT2D eigenvalue weighted by Gasteiger charge is -2.09. The molecule has 4 N–H and O–H groups in total. The lowest BCUT2D eigenvalue weighted by molar-refractivity contribution is -0.142. The average molecular weight is 280 g/mol. The second kappa shape index (κ2) is 7.98. The van der Waals surface area contributed by atoms with Crippen molar-refractivity contribution < 1.29 is 14.3 Å². The van der Waals surface area contributed by atoms with Gasteiger partial charge in [0.15, 0.2) is 0 Å². The number of carbonyl (C=O) groups excluding carboxylic acids is 2. The number of nitrogens with one attached hydrogen (secondary N) is 2. The fourth-order valence-electron chi connectivity index (χ4n) is 1.57. The number of anilines is 2. The van der Waals surface area contributed by atoms with E-state index in [2.05, 4.69) is 20.4 Å². The number of nitrogen functional groups attached to an aromatic ring is 1. The number of esters is 1. The van der Waals surface area contributed by atoms with Crippen LogP contribution in [0.3, 0.4) is 0 Å². The summed E-state index contributed by atoms with van der Waals surface area (Å²) >= 11 is 0. The highest BCUT2D eigenvalue weighted by Crippen LogP contribution is 2.12. The van der Waals surface area contributed by atoms with E-state index in [0.717, 1.165) is 11.4 Å². The zero-order chi connectivity index (χ0) is 15.0. The van der Waals surface area contributed by atoms with Crippen LogP contribution in [0.25, 0.3) is 0 Å². The Labute approximate surface area is 117 Å². The Morgan fingerprint density at radius 1 is 1.35 bits per heavy atom. The van der Waals surface area contributed by atoms with Crippen molar-refractivity contribution in [3.8, 4) is 0 Å². The summed E-state index contributed by atoms with van der Waals surface area (Å²) in [5.74, 6) is 0.169. The van der Waals surface area contributed by atoms with E-state index in [-0.39, 0.29) is 24.7 Å². The number of nitrogens with two attached hydrogens (primary N) is 1. The maximum absolute atomic E-state index is 11.4. The smallest absolute Gasteiger partial charge is 0.306 e. The summed E-state index contributed by atoms with van der Waals surface area (Å²) in [5.41, 5.74) is 7.17. The molecule has 0 aliphatic heterocycles. The molecular weight excluding hydrogens is 260 g/mol. The quantitative estimate of drug-likeness (QED) is 0.494. The summed E-state index contributed by atoms with van der Waals surface area (Å²) in [6.45, 7) is 2.90. The van der Waals surface area contributed by atoms with Crippen LogP contribution >= 0.6 is 0 Å². The number of hydrogen-bond donors (Lipinski definition) is 3. The first kappa shape index (κ1) is 15.7. The van der Waals surface area contributed by atoms with E-state index < -0.39 is 0 Å². The fourth-order valence-corrected chi connectivity index (χ4v) is 1.57. The van der Waals surface area contributed by atoms with Gasteiger partial charge in [-0.15, -0.1) is 0 Å². The van der Waals surface area contributed by atoms with E-state index in [9.17, 15) is 9.59 Å². The summed E-state index contributed by atoms with van der Waals surface area (Å²) in [4.78, 5) is 26.4. The van der Waals surface area contributed by atoms with Crippen LogP contribution in [-0.2, 0) is 14.3 Å². The molecule has 0 aliphatic carbocycles. The molecule has 1 amide bonds. The fraction of sp³-hybridized carbons (Fsp3) is 0.462. The molecule has 0 aromatic carbocycles. The van der Waals surface area contributed by atoms with Gasteiger partial charge in [0.1, 0.15) is 5.82 Å². The van der Waals surface area contributed by atoms with Crippen molar-refractivity contribution >= 4 is 23.4 Å². The Hall–Kier alpha value is -2.31. The van der Waals surface area contributed by atoms with Gasteiger partial charge in [0.2, 0.25) is 5.91 Å². The van der Waals surface area contributed by atoms with Gasteiger partial charge in [-0.3, -0.25) is 9.59 Å². The van der Waals surface area contributed by atoms with Gasteiger partial charge in [0, 0.05) is 19.5 Å². The molecular formula is C13H20N4O3. The molecule has 0 saturated carbocycles. The van der Waals surface area contributed by atoms with E-state index in [1.54, 1.807) is 6.20 Å². The normalized spacial score (nSPS) is 9.90. The number of carbonyl (C=O) groups is 2. The zero-order valence-electron chi connectivity index (χ0n) is 11.7. The topological polar surface area (TPSA) is 106 Å². The lowest BCUT2D eigenvalue weighted by atomic mass is 10.2. The van der Waals surface area contributed by atoms with Crippen LogP contribution in [0.1, 0.15) is 18.4 Å². The Kier molecular flexibility index (Phi) is 6.28. The van der Waals surface area contributed by atoms with Crippen LogP contribution in [0, 0.1) is 6.92 Å². The third-order valence-electron chi connectivity index (χ3n) is 2.62. The van der Waals surface area contributed by atoms with E-state index >= 15 is 0 Å². The maximum atomic E-state index is 11.4.